The number of aliphatic hydroxyl groups is 2. The highest BCUT2D eigenvalue weighted by Crippen LogP contribution is 2.34. The second-order valence-corrected chi connectivity index (χ2v) is 11.6. The van der Waals surface area contributed by atoms with E-state index in [1.807, 2.05) is 12.1 Å². The number of carbonyl (C=O) groups excluding carboxylic acids is 2. The molecule has 0 bridgehead atoms. The van der Waals surface area contributed by atoms with Crippen LogP contribution < -0.4 is 10.1 Å². The monoisotopic (exact) mass is 686 g/mol. The molecule has 0 saturated heterocycles. The number of amides is 2. The van der Waals surface area contributed by atoms with Crippen molar-refractivity contribution < 1.29 is 37.7 Å². The van der Waals surface area contributed by atoms with E-state index in [9.17, 15) is 33.0 Å². The number of benzene rings is 2. The average Bonchev–Trinajstić information content (AvgIpc) is 2.96. The van der Waals surface area contributed by atoms with Crippen LogP contribution in [0.4, 0.5) is 13.2 Å². The van der Waals surface area contributed by atoms with Gasteiger partial charge in [0.05, 0.1) is 21.8 Å². The van der Waals surface area contributed by atoms with Crippen LogP contribution in [0, 0.1) is 9.49 Å². The van der Waals surface area contributed by atoms with Gasteiger partial charge in [0.1, 0.15) is 18.0 Å². The maximum Gasteiger partial charge on any atom is 0.416 e. The molecule has 1 fully saturated rings. The molecule has 0 radical (unpaired) electrons. The summed E-state index contributed by atoms with van der Waals surface area (Å²) < 4.78 is 46.5. The zero-order chi connectivity index (χ0) is 29.6. The van der Waals surface area contributed by atoms with Gasteiger partial charge in [0.2, 0.25) is 5.91 Å². The first-order valence-corrected chi connectivity index (χ1v) is 14.8. The number of carbonyl (C=O) groups is 2. The number of hydrogen-bond acceptors (Lipinski definition) is 5. The van der Waals surface area contributed by atoms with Crippen molar-refractivity contribution in [3.63, 3.8) is 0 Å². The highest BCUT2D eigenvalue weighted by atomic mass is 127. The van der Waals surface area contributed by atoms with Gasteiger partial charge in [0, 0.05) is 30.6 Å². The van der Waals surface area contributed by atoms with Gasteiger partial charge in [-0.1, -0.05) is 31.4 Å². The van der Waals surface area contributed by atoms with Gasteiger partial charge in [-0.3, -0.25) is 9.59 Å². The lowest BCUT2D eigenvalue weighted by molar-refractivity contribution is -0.137. The van der Waals surface area contributed by atoms with Crippen LogP contribution in [0.1, 0.15) is 54.4 Å². The van der Waals surface area contributed by atoms with Crippen molar-refractivity contribution in [1.82, 2.24) is 10.2 Å². The SMILES string of the molecule is O=C(NCCO)C1=C[C@H](Oc2ccccc2I)[C@@H](O)[C@H](N(CC2CCCCC2)C(=O)c2ccc(C(F)(F)F)cc2)C1. The maximum atomic E-state index is 13.9. The summed E-state index contributed by atoms with van der Waals surface area (Å²) in [6.07, 6.45) is -0.288. The molecule has 2 aliphatic carbocycles. The molecule has 2 aromatic rings. The molecule has 0 heterocycles. The molecule has 3 atom stereocenters. The Bertz CT molecular complexity index is 1230. The first kappa shape index (κ1) is 31.3. The van der Waals surface area contributed by atoms with E-state index in [1.165, 1.54) is 4.90 Å². The molecule has 2 amide bonds. The Morgan fingerprint density at radius 2 is 1.73 bits per heavy atom. The molecule has 41 heavy (non-hydrogen) atoms. The van der Waals surface area contributed by atoms with Crippen molar-refractivity contribution in [3.8, 4) is 5.75 Å². The third-order valence-electron chi connectivity index (χ3n) is 7.61. The van der Waals surface area contributed by atoms with Crippen LogP contribution in [-0.4, -0.2) is 64.9 Å². The van der Waals surface area contributed by atoms with Gasteiger partial charge < -0.3 is 25.2 Å². The molecule has 0 aliphatic heterocycles. The van der Waals surface area contributed by atoms with Gasteiger partial charge in [0.15, 0.2) is 0 Å². The standard InChI is InChI=1S/C30H34F3IN2O5/c31-30(32,33)22-12-10-20(11-13-22)29(40)36(18-19-6-2-1-3-7-19)24-16-21(28(39)35-14-15-37)17-26(27(24)38)41-25-9-5-4-8-23(25)34/h4-5,8-13,17,19,24,26-27,37-38H,1-3,6-7,14-16,18H2,(H,35,39)/t24-,26+,27+/m1/s1. The number of aliphatic hydroxyl groups excluding tert-OH is 2. The molecule has 0 spiro atoms. The van der Waals surface area contributed by atoms with Crippen LogP contribution in [0.25, 0.3) is 0 Å². The summed E-state index contributed by atoms with van der Waals surface area (Å²) in [7, 11) is 0. The summed E-state index contributed by atoms with van der Waals surface area (Å²) in [5.74, 6) is -0.316. The fraction of sp³-hybridized carbons (Fsp3) is 0.467. The molecule has 1 saturated carbocycles. The highest BCUT2D eigenvalue weighted by Gasteiger charge is 2.42. The maximum absolute atomic E-state index is 13.9. The van der Waals surface area contributed by atoms with E-state index in [0.29, 0.717) is 17.9 Å². The van der Waals surface area contributed by atoms with Crippen molar-refractivity contribution in [3.05, 3.63) is 74.9 Å². The minimum Gasteiger partial charge on any atom is -0.482 e. The Balaban J connectivity index is 1.69. The van der Waals surface area contributed by atoms with Crippen LogP contribution in [0.3, 0.4) is 0 Å². The molecule has 11 heteroatoms. The average molecular weight is 687 g/mol. The predicted octanol–water partition coefficient (Wildman–Crippen LogP) is 4.95. The topological polar surface area (TPSA) is 99.1 Å². The van der Waals surface area contributed by atoms with Gasteiger partial charge in [-0.15, -0.1) is 0 Å². The molecule has 3 N–H and O–H groups in total. The molecule has 2 aliphatic rings. The number of hydrogen-bond donors (Lipinski definition) is 3. The van der Waals surface area contributed by atoms with Crippen molar-refractivity contribution >= 4 is 34.4 Å². The number of para-hydroxylation sites is 1. The summed E-state index contributed by atoms with van der Waals surface area (Å²) in [5, 5.41) is 23.4. The Morgan fingerprint density at radius 3 is 2.37 bits per heavy atom. The highest BCUT2D eigenvalue weighted by molar-refractivity contribution is 14.1. The van der Waals surface area contributed by atoms with Gasteiger partial charge >= 0.3 is 6.18 Å². The van der Waals surface area contributed by atoms with E-state index in [2.05, 4.69) is 27.9 Å². The predicted molar refractivity (Wildman–Crippen MR) is 155 cm³/mol. The lowest BCUT2D eigenvalue weighted by Crippen LogP contribution is -2.56. The largest absolute Gasteiger partial charge is 0.482 e. The number of alkyl halides is 3. The normalized spacial score (nSPS) is 21.6. The zero-order valence-corrected chi connectivity index (χ0v) is 24.6. The minimum absolute atomic E-state index is 0.0171. The smallest absolute Gasteiger partial charge is 0.416 e. The van der Waals surface area contributed by atoms with Crippen LogP contribution in [0.5, 0.6) is 5.75 Å². The quantitative estimate of drug-likeness (QED) is 0.325. The Morgan fingerprint density at radius 1 is 1.05 bits per heavy atom. The third kappa shape index (κ3) is 8.01. The Labute approximate surface area is 250 Å². The third-order valence-corrected chi connectivity index (χ3v) is 8.51. The number of rotatable bonds is 9. The van der Waals surface area contributed by atoms with E-state index >= 15 is 0 Å². The van der Waals surface area contributed by atoms with E-state index in [0.717, 1.165) is 59.9 Å². The second-order valence-electron chi connectivity index (χ2n) is 10.5. The van der Waals surface area contributed by atoms with Crippen molar-refractivity contribution in [1.29, 1.82) is 0 Å². The molecule has 7 nitrogen and oxygen atoms in total. The number of ether oxygens (including phenoxy) is 1. The van der Waals surface area contributed by atoms with Gasteiger partial charge in [-0.2, -0.15) is 13.2 Å². The van der Waals surface area contributed by atoms with Crippen molar-refractivity contribution in [2.75, 3.05) is 19.7 Å². The molecular formula is C30H34F3IN2O5. The fourth-order valence-electron chi connectivity index (χ4n) is 5.45. The van der Waals surface area contributed by atoms with E-state index < -0.39 is 41.8 Å². The van der Waals surface area contributed by atoms with E-state index in [4.69, 9.17) is 4.74 Å². The fourth-order valence-corrected chi connectivity index (χ4v) is 5.97. The molecule has 4 rings (SSSR count). The van der Waals surface area contributed by atoms with Gasteiger partial charge in [-0.25, -0.2) is 0 Å². The van der Waals surface area contributed by atoms with Crippen molar-refractivity contribution in [2.24, 2.45) is 5.92 Å². The second kappa shape index (κ2) is 14.0. The Hall–Kier alpha value is -2.64. The van der Waals surface area contributed by atoms with Crippen molar-refractivity contribution in [2.45, 2.75) is 63.0 Å². The molecule has 0 unspecified atom stereocenters. The molecule has 0 aromatic heterocycles. The summed E-state index contributed by atoms with van der Waals surface area (Å²) in [6, 6.07) is 10.4. The number of nitrogens with zero attached hydrogens (tertiary/aromatic N) is 1. The summed E-state index contributed by atoms with van der Waals surface area (Å²) in [4.78, 5) is 28.5. The van der Waals surface area contributed by atoms with E-state index in [1.54, 1.807) is 18.2 Å². The van der Waals surface area contributed by atoms with Gasteiger partial charge in [-0.05, 0) is 83.8 Å². The van der Waals surface area contributed by atoms with E-state index in [-0.39, 0.29) is 31.1 Å². The first-order valence-electron chi connectivity index (χ1n) is 13.8. The molecule has 222 valence electrons. The van der Waals surface area contributed by atoms with Gasteiger partial charge in [0.25, 0.3) is 5.91 Å². The van der Waals surface area contributed by atoms with Crippen LogP contribution >= 0.6 is 22.6 Å². The van der Waals surface area contributed by atoms with Crippen LogP contribution in [-0.2, 0) is 11.0 Å². The molecule has 2 aromatic carbocycles. The number of nitrogens with one attached hydrogen (secondary N) is 1. The summed E-state index contributed by atoms with van der Waals surface area (Å²) >= 11 is 2.10. The van der Waals surface area contributed by atoms with Crippen LogP contribution in [0.2, 0.25) is 0 Å². The van der Waals surface area contributed by atoms with Crippen LogP contribution in [0.15, 0.2) is 60.2 Å². The number of halogens is 4. The summed E-state index contributed by atoms with van der Waals surface area (Å²) in [5.41, 5.74) is -0.502. The minimum atomic E-state index is -4.54. The summed E-state index contributed by atoms with van der Waals surface area (Å²) in [6.45, 7) is 0.0674. The first-order chi connectivity index (χ1) is 19.6. The lowest BCUT2D eigenvalue weighted by atomic mass is 9.85. The lowest BCUT2D eigenvalue weighted by Gasteiger charge is -2.42. The molecular weight excluding hydrogens is 652 g/mol. The Kier molecular flexibility index (Phi) is 10.7. The zero-order valence-electron chi connectivity index (χ0n) is 22.4.